The number of aliphatic hydroxyl groups is 1. The van der Waals surface area contributed by atoms with Crippen molar-refractivity contribution in [3.8, 4) is 17.2 Å². The van der Waals surface area contributed by atoms with Gasteiger partial charge in [0.2, 0.25) is 0 Å². The molecule has 1 aromatic rings. The zero-order valence-corrected chi connectivity index (χ0v) is 17.0. The Morgan fingerprint density at radius 2 is 1.69 bits per heavy atom. The quantitative estimate of drug-likeness (QED) is 0.155. The van der Waals surface area contributed by atoms with Gasteiger partial charge < -0.3 is 20.4 Å². The highest BCUT2D eigenvalue weighted by atomic mass is 16.3. The van der Waals surface area contributed by atoms with Gasteiger partial charge in [-0.1, -0.05) is 55.5 Å². The molecule has 5 heteroatoms. The lowest BCUT2D eigenvalue weighted by Gasteiger charge is -2.07. The first-order chi connectivity index (χ1) is 14.0. The summed E-state index contributed by atoms with van der Waals surface area (Å²) in [4.78, 5) is 12.1. The summed E-state index contributed by atoms with van der Waals surface area (Å²) in [5.41, 5.74) is -0.149. The van der Waals surface area contributed by atoms with Crippen LogP contribution in [0.15, 0.2) is 60.7 Å². The van der Waals surface area contributed by atoms with Gasteiger partial charge in [0.05, 0.1) is 6.10 Å². The number of rotatable bonds is 13. The maximum absolute atomic E-state index is 12.1. The largest absolute Gasteiger partial charge is 0.508 e. The van der Waals surface area contributed by atoms with Crippen LogP contribution in [0.3, 0.4) is 0 Å². The Labute approximate surface area is 173 Å². The summed E-state index contributed by atoms with van der Waals surface area (Å²) in [6, 6.07) is 2.07. The monoisotopic (exact) mass is 400 g/mol. The van der Waals surface area contributed by atoms with Crippen LogP contribution in [0.1, 0.15) is 62.2 Å². The minimum atomic E-state index is -0.524. The third-order valence-electron chi connectivity index (χ3n) is 4.18. The molecule has 0 aliphatic carbocycles. The van der Waals surface area contributed by atoms with E-state index in [1.165, 1.54) is 0 Å². The molecule has 0 aliphatic heterocycles. The van der Waals surface area contributed by atoms with Crippen LogP contribution < -0.4 is 0 Å². The highest BCUT2D eigenvalue weighted by molar-refractivity contribution is 6.01. The Bertz CT molecular complexity index is 721. The van der Waals surface area contributed by atoms with Gasteiger partial charge in [0, 0.05) is 18.6 Å². The Morgan fingerprint density at radius 1 is 0.966 bits per heavy atom. The zero-order valence-electron chi connectivity index (χ0n) is 17.0. The maximum atomic E-state index is 12.1. The SMILES string of the molecule is CC/C=C\C/C=C\C=C\C(O)C/C=C\CCCCC(=O)c1c(O)cc(O)cc1O. The number of unbranched alkanes of at least 4 members (excludes halogenated alkanes) is 2. The summed E-state index contributed by atoms with van der Waals surface area (Å²) in [6.45, 7) is 2.10. The predicted octanol–water partition coefficient (Wildman–Crippen LogP) is 5.32. The van der Waals surface area contributed by atoms with Crippen molar-refractivity contribution in [1.29, 1.82) is 0 Å². The molecule has 1 aromatic carbocycles. The number of hydrogen-bond donors (Lipinski definition) is 4. The summed E-state index contributed by atoms with van der Waals surface area (Å²) in [5, 5.41) is 38.5. The first-order valence-electron chi connectivity index (χ1n) is 10.0. The highest BCUT2D eigenvalue weighted by Gasteiger charge is 2.17. The first kappa shape index (κ1) is 24.2. The Kier molecular flexibility index (Phi) is 11.9. The van der Waals surface area contributed by atoms with Gasteiger partial charge in [0.15, 0.2) is 5.78 Å². The molecule has 1 atom stereocenters. The molecule has 0 heterocycles. The van der Waals surface area contributed by atoms with Crippen LogP contribution in [-0.4, -0.2) is 32.3 Å². The van der Waals surface area contributed by atoms with E-state index >= 15 is 0 Å². The topological polar surface area (TPSA) is 98.0 Å². The van der Waals surface area contributed by atoms with E-state index in [4.69, 9.17) is 0 Å². The van der Waals surface area contributed by atoms with Gasteiger partial charge in [-0.3, -0.25) is 4.79 Å². The molecule has 29 heavy (non-hydrogen) atoms. The molecule has 0 aliphatic rings. The van der Waals surface area contributed by atoms with Gasteiger partial charge in [-0.25, -0.2) is 0 Å². The number of aromatic hydroxyl groups is 3. The number of carbonyl (C=O) groups is 1. The van der Waals surface area contributed by atoms with Crippen LogP contribution in [0.25, 0.3) is 0 Å². The molecule has 1 rings (SSSR count). The van der Waals surface area contributed by atoms with E-state index < -0.39 is 17.6 Å². The highest BCUT2D eigenvalue weighted by Crippen LogP contribution is 2.33. The summed E-state index contributed by atoms with van der Waals surface area (Å²) >= 11 is 0. The minimum Gasteiger partial charge on any atom is -0.508 e. The molecule has 158 valence electrons. The average molecular weight is 401 g/mol. The molecule has 0 amide bonds. The summed E-state index contributed by atoms with van der Waals surface area (Å²) in [6.07, 6.45) is 20.0. The van der Waals surface area contributed by atoms with Crippen LogP contribution in [0.4, 0.5) is 0 Å². The minimum absolute atomic E-state index is 0.149. The van der Waals surface area contributed by atoms with Gasteiger partial charge in [-0.2, -0.15) is 0 Å². The summed E-state index contributed by atoms with van der Waals surface area (Å²) in [7, 11) is 0. The molecule has 4 N–H and O–H groups in total. The molecule has 0 aromatic heterocycles. The number of phenolic OH excluding ortho intramolecular Hbond substituents is 3. The van der Waals surface area contributed by atoms with Crippen LogP contribution in [0.2, 0.25) is 0 Å². The summed E-state index contributed by atoms with van der Waals surface area (Å²) < 4.78 is 0. The number of allylic oxidation sites excluding steroid dienone is 6. The Balaban J connectivity index is 2.22. The van der Waals surface area contributed by atoms with E-state index in [1.807, 2.05) is 30.4 Å². The average Bonchev–Trinajstić information content (AvgIpc) is 2.65. The van der Waals surface area contributed by atoms with Crippen molar-refractivity contribution < 1.29 is 25.2 Å². The normalized spacial score (nSPS) is 13.3. The van der Waals surface area contributed by atoms with Gasteiger partial charge in [0.1, 0.15) is 22.8 Å². The van der Waals surface area contributed by atoms with E-state index in [0.29, 0.717) is 12.8 Å². The smallest absolute Gasteiger partial charge is 0.170 e. The van der Waals surface area contributed by atoms with E-state index in [9.17, 15) is 25.2 Å². The van der Waals surface area contributed by atoms with Crippen LogP contribution >= 0.6 is 0 Å². The van der Waals surface area contributed by atoms with E-state index in [-0.39, 0.29) is 23.5 Å². The number of carbonyl (C=O) groups excluding carboxylic acids is 1. The number of aliphatic hydroxyl groups excluding tert-OH is 1. The van der Waals surface area contributed by atoms with E-state index in [2.05, 4.69) is 19.1 Å². The van der Waals surface area contributed by atoms with Crippen LogP contribution in [-0.2, 0) is 0 Å². The van der Waals surface area contributed by atoms with Crippen molar-refractivity contribution in [3.63, 3.8) is 0 Å². The standard InChI is InChI=1S/C24H32O5/c1-2-3-4-5-6-8-11-14-19(25)15-12-9-7-10-13-16-21(27)24-22(28)17-20(26)18-23(24)29/h3-4,6,8-9,11-12,14,17-19,25-26,28-29H,2,5,7,10,13,15-16H2,1H3/b4-3-,8-6-,12-9-,14-11+. The lowest BCUT2D eigenvalue weighted by Crippen LogP contribution is -2.00. The van der Waals surface area contributed by atoms with Crippen molar-refractivity contribution in [2.45, 2.75) is 58.0 Å². The first-order valence-corrected chi connectivity index (χ1v) is 10.0. The Morgan fingerprint density at radius 3 is 2.38 bits per heavy atom. The van der Waals surface area contributed by atoms with Gasteiger partial charge >= 0.3 is 0 Å². The lowest BCUT2D eigenvalue weighted by atomic mass is 10.0. The number of hydrogen-bond acceptors (Lipinski definition) is 5. The molecule has 0 bridgehead atoms. The fourth-order valence-corrected chi connectivity index (χ4v) is 2.68. The van der Waals surface area contributed by atoms with Crippen molar-refractivity contribution in [2.75, 3.05) is 0 Å². The van der Waals surface area contributed by atoms with Crippen LogP contribution in [0, 0.1) is 0 Å². The Hall–Kier alpha value is -2.79. The maximum Gasteiger partial charge on any atom is 0.170 e. The second-order valence-corrected chi connectivity index (χ2v) is 6.73. The molecule has 1 unspecified atom stereocenters. The lowest BCUT2D eigenvalue weighted by molar-refractivity contribution is 0.0974. The molecule has 5 nitrogen and oxygen atoms in total. The third kappa shape index (κ3) is 10.4. The molecule has 0 saturated heterocycles. The number of Topliss-reactive ketones (excluding diaryl/α,β-unsaturated/α-hetero) is 1. The van der Waals surface area contributed by atoms with Gasteiger partial charge in [-0.15, -0.1) is 0 Å². The molecular formula is C24H32O5. The third-order valence-corrected chi connectivity index (χ3v) is 4.18. The second-order valence-electron chi connectivity index (χ2n) is 6.73. The van der Waals surface area contributed by atoms with E-state index in [1.54, 1.807) is 6.08 Å². The number of phenols is 3. The molecule has 0 radical (unpaired) electrons. The van der Waals surface area contributed by atoms with E-state index in [0.717, 1.165) is 37.8 Å². The molecule has 0 spiro atoms. The molecule has 0 fully saturated rings. The van der Waals surface area contributed by atoms with Crippen molar-refractivity contribution in [3.05, 3.63) is 66.3 Å². The number of benzene rings is 1. The molecule has 0 saturated carbocycles. The van der Waals surface area contributed by atoms with Gasteiger partial charge in [0.25, 0.3) is 0 Å². The van der Waals surface area contributed by atoms with Crippen molar-refractivity contribution >= 4 is 5.78 Å². The zero-order chi connectivity index (χ0) is 21.5. The summed E-state index contributed by atoms with van der Waals surface area (Å²) in [5.74, 6) is -1.48. The second kappa shape index (κ2) is 14.2. The van der Waals surface area contributed by atoms with Crippen molar-refractivity contribution in [1.82, 2.24) is 0 Å². The van der Waals surface area contributed by atoms with Gasteiger partial charge in [-0.05, 0) is 38.5 Å². The fraction of sp³-hybridized carbons (Fsp3) is 0.375. The van der Waals surface area contributed by atoms with Crippen molar-refractivity contribution in [2.24, 2.45) is 0 Å². The fourth-order valence-electron chi connectivity index (χ4n) is 2.68. The number of ketones is 1. The van der Waals surface area contributed by atoms with Crippen LogP contribution in [0.5, 0.6) is 17.2 Å². The molecular weight excluding hydrogens is 368 g/mol. The predicted molar refractivity (Wildman–Crippen MR) is 116 cm³/mol.